The molecule has 0 unspecified atom stereocenters. The summed E-state index contributed by atoms with van der Waals surface area (Å²) < 4.78 is 5.38. The van der Waals surface area contributed by atoms with Gasteiger partial charge in [-0.2, -0.15) is 5.26 Å². The van der Waals surface area contributed by atoms with Gasteiger partial charge >= 0.3 is 0 Å². The third-order valence-electron chi connectivity index (χ3n) is 3.42. The molecule has 108 valence electrons. The molecule has 0 heterocycles. The highest BCUT2D eigenvalue weighted by Gasteiger charge is 2.16. The molecule has 2 aromatic rings. The van der Waals surface area contributed by atoms with E-state index >= 15 is 0 Å². The molecule has 21 heavy (non-hydrogen) atoms. The van der Waals surface area contributed by atoms with E-state index in [4.69, 9.17) is 10.00 Å². The Morgan fingerprint density at radius 2 is 1.90 bits per heavy atom. The van der Waals surface area contributed by atoms with Gasteiger partial charge in [-0.05, 0) is 31.2 Å². The van der Waals surface area contributed by atoms with Gasteiger partial charge in [-0.15, -0.1) is 0 Å². The molecule has 4 heteroatoms. The molecule has 0 saturated carbocycles. The highest BCUT2D eigenvalue weighted by Crippen LogP contribution is 2.36. The summed E-state index contributed by atoms with van der Waals surface area (Å²) in [4.78, 5) is 1.92. The fourth-order valence-corrected chi connectivity index (χ4v) is 2.29. The minimum absolute atomic E-state index is 0.552. The first-order valence-electron chi connectivity index (χ1n) is 6.67. The minimum atomic E-state index is -0.620. The number of nitrogens with zero attached hydrogens (tertiary/aromatic N) is 2. The molecule has 0 spiro atoms. The number of rotatable bonds is 4. The molecule has 0 fully saturated rings. The Bertz CT molecular complexity index is 675. The van der Waals surface area contributed by atoms with E-state index in [0.717, 1.165) is 22.7 Å². The number of hydrogen-bond acceptors (Lipinski definition) is 4. The normalized spacial score (nSPS) is 11.6. The Labute approximate surface area is 124 Å². The van der Waals surface area contributed by atoms with Gasteiger partial charge in [-0.3, -0.25) is 0 Å². The highest BCUT2D eigenvalue weighted by atomic mass is 16.5. The van der Waals surface area contributed by atoms with Gasteiger partial charge in [0.25, 0.3) is 0 Å². The Hall–Kier alpha value is -2.51. The predicted octanol–water partition coefficient (Wildman–Crippen LogP) is 3.39. The van der Waals surface area contributed by atoms with E-state index in [1.807, 2.05) is 36.2 Å². The molecular formula is C17H18N2O2. The standard InChI is InChI=1S/C17H18N2O2/c1-12(20)14-9-8-13(11-18)10-16(14)19(2)15-6-4-5-7-17(15)21-3/h4-10,12,20H,1-3H3/t12-/m0/s1. The highest BCUT2D eigenvalue weighted by molar-refractivity contribution is 5.72. The summed E-state index contributed by atoms with van der Waals surface area (Å²) in [5.41, 5.74) is 2.98. The van der Waals surface area contributed by atoms with Crippen LogP contribution < -0.4 is 9.64 Å². The fourth-order valence-electron chi connectivity index (χ4n) is 2.29. The van der Waals surface area contributed by atoms with E-state index in [0.29, 0.717) is 5.56 Å². The van der Waals surface area contributed by atoms with Crippen molar-refractivity contribution in [3.8, 4) is 11.8 Å². The summed E-state index contributed by atoms with van der Waals surface area (Å²) in [5, 5.41) is 19.0. The number of ether oxygens (including phenoxy) is 1. The van der Waals surface area contributed by atoms with Gasteiger partial charge in [0, 0.05) is 18.3 Å². The van der Waals surface area contributed by atoms with Crippen LogP contribution in [0.4, 0.5) is 11.4 Å². The number of aliphatic hydroxyl groups is 1. The van der Waals surface area contributed by atoms with Gasteiger partial charge in [0.1, 0.15) is 5.75 Å². The summed E-state index contributed by atoms with van der Waals surface area (Å²) in [7, 11) is 3.51. The molecule has 4 nitrogen and oxygen atoms in total. The monoisotopic (exact) mass is 282 g/mol. The quantitative estimate of drug-likeness (QED) is 0.934. The van der Waals surface area contributed by atoms with Crippen molar-refractivity contribution in [1.82, 2.24) is 0 Å². The van der Waals surface area contributed by atoms with E-state index in [-0.39, 0.29) is 0 Å². The van der Waals surface area contributed by atoms with Crippen LogP contribution in [0.5, 0.6) is 5.75 Å². The summed E-state index contributed by atoms with van der Waals surface area (Å²) in [6, 6.07) is 15.0. The molecule has 1 atom stereocenters. The van der Waals surface area contributed by atoms with Gasteiger partial charge < -0.3 is 14.7 Å². The number of nitriles is 1. The zero-order valence-electron chi connectivity index (χ0n) is 12.4. The average Bonchev–Trinajstić information content (AvgIpc) is 2.53. The molecule has 0 saturated heterocycles. The van der Waals surface area contributed by atoms with Crippen LogP contribution >= 0.6 is 0 Å². The third-order valence-corrected chi connectivity index (χ3v) is 3.42. The second-order valence-electron chi connectivity index (χ2n) is 4.79. The van der Waals surface area contributed by atoms with E-state index < -0.39 is 6.10 Å². The number of anilines is 2. The van der Waals surface area contributed by atoms with Crippen LogP contribution in [0.25, 0.3) is 0 Å². The first kappa shape index (κ1) is 14.9. The van der Waals surface area contributed by atoms with Crippen molar-refractivity contribution in [2.75, 3.05) is 19.1 Å². The van der Waals surface area contributed by atoms with Crippen molar-refractivity contribution in [2.45, 2.75) is 13.0 Å². The summed E-state index contributed by atoms with van der Waals surface area (Å²) >= 11 is 0. The lowest BCUT2D eigenvalue weighted by atomic mass is 10.0. The fraction of sp³-hybridized carbons (Fsp3) is 0.235. The number of hydrogen-bond donors (Lipinski definition) is 1. The molecule has 0 aromatic heterocycles. The van der Waals surface area contributed by atoms with Crippen molar-refractivity contribution in [3.63, 3.8) is 0 Å². The largest absolute Gasteiger partial charge is 0.495 e. The molecule has 0 radical (unpaired) electrons. The SMILES string of the molecule is COc1ccccc1N(C)c1cc(C#N)ccc1[C@H](C)O. The Kier molecular flexibility index (Phi) is 4.46. The minimum Gasteiger partial charge on any atom is -0.495 e. The zero-order chi connectivity index (χ0) is 15.4. The second-order valence-corrected chi connectivity index (χ2v) is 4.79. The third kappa shape index (κ3) is 2.99. The summed E-state index contributed by atoms with van der Waals surface area (Å²) in [5.74, 6) is 0.735. The average molecular weight is 282 g/mol. The van der Waals surface area contributed by atoms with Crippen LogP contribution in [0, 0.1) is 11.3 Å². The van der Waals surface area contributed by atoms with Crippen LogP contribution in [0.15, 0.2) is 42.5 Å². The van der Waals surface area contributed by atoms with Crippen molar-refractivity contribution >= 4 is 11.4 Å². The van der Waals surface area contributed by atoms with E-state index in [2.05, 4.69) is 6.07 Å². The maximum atomic E-state index is 9.95. The summed E-state index contributed by atoms with van der Waals surface area (Å²) in [6.07, 6.45) is -0.620. The number of methoxy groups -OCH3 is 1. The van der Waals surface area contributed by atoms with Crippen LogP contribution in [-0.4, -0.2) is 19.3 Å². The predicted molar refractivity (Wildman–Crippen MR) is 82.8 cm³/mol. The van der Waals surface area contributed by atoms with Crippen LogP contribution in [-0.2, 0) is 0 Å². The first-order valence-corrected chi connectivity index (χ1v) is 6.67. The first-order chi connectivity index (χ1) is 10.1. The molecule has 0 bridgehead atoms. The van der Waals surface area contributed by atoms with E-state index in [9.17, 15) is 5.11 Å². The topological polar surface area (TPSA) is 56.5 Å². The molecular weight excluding hydrogens is 264 g/mol. The second kappa shape index (κ2) is 6.29. The molecule has 0 amide bonds. The number of benzene rings is 2. The number of para-hydroxylation sites is 2. The van der Waals surface area contributed by atoms with Crippen LogP contribution in [0.1, 0.15) is 24.2 Å². The Morgan fingerprint density at radius 3 is 2.52 bits per heavy atom. The lowest BCUT2D eigenvalue weighted by Crippen LogP contribution is -2.14. The van der Waals surface area contributed by atoms with E-state index in [1.165, 1.54) is 0 Å². The molecule has 2 rings (SSSR count). The smallest absolute Gasteiger partial charge is 0.142 e. The van der Waals surface area contributed by atoms with Crippen molar-refractivity contribution < 1.29 is 9.84 Å². The van der Waals surface area contributed by atoms with Crippen LogP contribution in [0.2, 0.25) is 0 Å². The Balaban J connectivity index is 2.56. The summed E-state index contributed by atoms with van der Waals surface area (Å²) in [6.45, 7) is 1.71. The molecule has 1 N–H and O–H groups in total. The molecule has 0 aliphatic heterocycles. The Morgan fingerprint density at radius 1 is 1.19 bits per heavy atom. The molecule has 2 aromatic carbocycles. The van der Waals surface area contributed by atoms with Crippen molar-refractivity contribution in [2.24, 2.45) is 0 Å². The lowest BCUT2D eigenvalue weighted by Gasteiger charge is -2.25. The van der Waals surface area contributed by atoms with Crippen molar-refractivity contribution in [3.05, 3.63) is 53.6 Å². The van der Waals surface area contributed by atoms with Gasteiger partial charge in [0.2, 0.25) is 0 Å². The molecule has 0 aliphatic carbocycles. The zero-order valence-corrected chi connectivity index (χ0v) is 12.4. The lowest BCUT2D eigenvalue weighted by molar-refractivity contribution is 0.200. The van der Waals surface area contributed by atoms with Gasteiger partial charge in [0.05, 0.1) is 30.5 Å². The van der Waals surface area contributed by atoms with Gasteiger partial charge in [-0.25, -0.2) is 0 Å². The van der Waals surface area contributed by atoms with Gasteiger partial charge in [-0.1, -0.05) is 18.2 Å². The maximum absolute atomic E-state index is 9.95. The molecule has 0 aliphatic rings. The van der Waals surface area contributed by atoms with Gasteiger partial charge in [0.15, 0.2) is 0 Å². The van der Waals surface area contributed by atoms with Crippen LogP contribution in [0.3, 0.4) is 0 Å². The maximum Gasteiger partial charge on any atom is 0.142 e. The number of aliphatic hydroxyl groups excluding tert-OH is 1. The van der Waals surface area contributed by atoms with Crippen molar-refractivity contribution in [1.29, 1.82) is 5.26 Å². The van der Waals surface area contributed by atoms with E-state index in [1.54, 1.807) is 32.2 Å².